The summed E-state index contributed by atoms with van der Waals surface area (Å²) in [5.74, 6) is 2.11. The Balaban J connectivity index is 3.61. The van der Waals surface area contributed by atoms with E-state index in [4.69, 9.17) is 0 Å². The molecular formula is C10H23NS. The maximum Gasteiger partial charge on any atom is 0.0160 e. The minimum Gasteiger partial charge on any atom is -0.313 e. The third-order valence-corrected chi connectivity index (χ3v) is 2.98. The molecule has 0 radical (unpaired) electrons. The van der Waals surface area contributed by atoms with Gasteiger partial charge in [0.05, 0.1) is 0 Å². The molecule has 1 N–H and O–H groups in total. The van der Waals surface area contributed by atoms with Crippen LogP contribution in [0.5, 0.6) is 0 Å². The van der Waals surface area contributed by atoms with Crippen molar-refractivity contribution in [2.45, 2.75) is 39.7 Å². The van der Waals surface area contributed by atoms with E-state index in [9.17, 15) is 0 Å². The predicted octanol–water partition coefficient (Wildman–Crippen LogP) is 2.76. The molecule has 0 amide bonds. The molecule has 0 bridgehead atoms. The van der Waals surface area contributed by atoms with E-state index in [2.05, 4.69) is 32.3 Å². The molecule has 0 aliphatic carbocycles. The van der Waals surface area contributed by atoms with Crippen LogP contribution in [0.4, 0.5) is 0 Å². The SMILES string of the molecule is CCNC(CSC)CC(C)CC. The molecule has 0 saturated heterocycles. The molecule has 1 nitrogen and oxygen atoms in total. The van der Waals surface area contributed by atoms with Crippen LogP contribution in [0.3, 0.4) is 0 Å². The molecule has 0 aromatic heterocycles. The first-order chi connectivity index (χ1) is 5.74. The largest absolute Gasteiger partial charge is 0.313 e. The molecule has 2 unspecified atom stereocenters. The zero-order valence-corrected chi connectivity index (χ0v) is 9.71. The zero-order valence-electron chi connectivity index (χ0n) is 8.89. The average molecular weight is 189 g/mol. The summed E-state index contributed by atoms with van der Waals surface area (Å²) in [5.41, 5.74) is 0. The van der Waals surface area contributed by atoms with Gasteiger partial charge in [-0.3, -0.25) is 0 Å². The third-order valence-electron chi connectivity index (χ3n) is 2.24. The number of hydrogen-bond donors (Lipinski definition) is 1. The van der Waals surface area contributed by atoms with Gasteiger partial charge < -0.3 is 5.32 Å². The van der Waals surface area contributed by atoms with Gasteiger partial charge in [0.2, 0.25) is 0 Å². The molecule has 0 fully saturated rings. The average Bonchev–Trinajstić information content (AvgIpc) is 2.05. The number of rotatable bonds is 7. The Morgan fingerprint density at radius 2 is 2.00 bits per heavy atom. The monoisotopic (exact) mass is 189 g/mol. The number of nitrogens with one attached hydrogen (secondary N) is 1. The zero-order chi connectivity index (χ0) is 9.40. The van der Waals surface area contributed by atoms with Crippen molar-refractivity contribution >= 4 is 11.8 Å². The Hall–Kier alpha value is 0.310. The summed E-state index contributed by atoms with van der Waals surface area (Å²) in [7, 11) is 0. The van der Waals surface area contributed by atoms with E-state index in [-0.39, 0.29) is 0 Å². The molecular weight excluding hydrogens is 166 g/mol. The fourth-order valence-electron chi connectivity index (χ4n) is 1.35. The first-order valence-electron chi connectivity index (χ1n) is 4.96. The van der Waals surface area contributed by atoms with Crippen molar-refractivity contribution < 1.29 is 0 Å². The molecule has 2 atom stereocenters. The van der Waals surface area contributed by atoms with Crippen LogP contribution in [0.15, 0.2) is 0 Å². The van der Waals surface area contributed by atoms with E-state index in [0.717, 1.165) is 18.5 Å². The molecule has 74 valence electrons. The highest BCUT2D eigenvalue weighted by molar-refractivity contribution is 7.98. The summed E-state index contributed by atoms with van der Waals surface area (Å²) in [6.07, 6.45) is 4.81. The first-order valence-corrected chi connectivity index (χ1v) is 6.36. The normalized spacial score (nSPS) is 16.0. The second-order valence-electron chi connectivity index (χ2n) is 3.46. The van der Waals surface area contributed by atoms with Crippen molar-refractivity contribution in [3.63, 3.8) is 0 Å². The maximum absolute atomic E-state index is 3.53. The fourth-order valence-corrected chi connectivity index (χ4v) is 2.01. The van der Waals surface area contributed by atoms with E-state index in [1.807, 2.05) is 11.8 Å². The van der Waals surface area contributed by atoms with Gasteiger partial charge >= 0.3 is 0 Å². The van der Waals surface area contributed by atoms with E-state index in [0.29, 0.717) is 0 Å². The van der Waals surface area contributed by atoms with Crippen molar-refractivity contribution in [1.29, 1.82) is 0 Å². The van der Waals surface area contributed by atoms with Gasteiger partial charge in [-0.15, -0.1) is 0 Å². The molecule has 0 aromatic carbocycles. The van der Waals surface area contributed by atoms with Crippen molar-refractivity contribution in [2.75, 3.05) is 18.6 Å². The Bertz CT molecular complexity index is 89.8. The molecule has 0 aromatic rings. The third kappa shape index (κ3) is 5.90. The van der Waals surface area contributed by atoms with E-state index in [1.54, 1.807) is 0 Å². The summed E-state index contributed by atoms with van der Waals surface area (Å²) in [6, 6.07) is 0.722. The molecule has 0 rings (SSSR count). The van der Waals surface area contributed by atoms with Gasteiger partial charge in [0.1, 0.15) is 0 Å². The van der Waals surface area contributed by atoms with Gasteiger partial charge in [-0.2, -0.15) is 11.8 Å². The summed E-state index contributed by atoms with van der Waals surface area (Å²) >= 11 is 1.94. The Morgan fingerprint density at radius 1 is 1.33 bits per heavy atom. The summed E-state index contributed by atoms with van der Waals surface area (Å²) in [5, 5.41) is 3.53. The Kier molecular flexibility index (Phi) is 8.14. The lowest BCUT2D eigenvalue weighted by atomic mass is 10.0. The molecule has 0 aliphatic rings. The number of hydrogen-bond acceptors (Lipinski definition) is 2. The maximum atomic E-state index is 3.53. The van der Waals surface area contributed by atoms with Crippen LogP contribution >= 0.6 is 11.8 Å². The van der Waals surface area contributed by atoms with E-state index < -0.39 is 0 Å². The minimum absolute atomic E-state index is 0.722. The minimum atomic E-state index is 0.722. The van der Waals surface area contributed by atoms with Crippen LogP contribution in [0.2, 0.25) is 0 Å². The van der Waals surface area contributed by atoms with Crippen LogP contribution in [-0.4, -0.2) is 24.6 Å². The van der Waals surface area contributed by atoms with Crippen molar-refractivity contribution in [1.82, 2.24) is 5.32 Å². The standard InChI is InChI=1S/C10H23NS/c1-5-9(3)7-10(8-12-4)11-6-2/h9-11H,5-8H2,1-4H3. The molecule has 0 heterocycles. The highest BCUT2D eigenvalue weighted by Gasteiger charge is 2.09. The van der Waals surface area contributed by atoms with Crippen molar-refractivity contribution in [3.05, 3.63) is 0 Å². The molecule has 0 aliphatic heterocycles. The Morgan fingerprint density at radius 3 is 2.42 bits per heavy atom. The first kappa shape index (κ1) is 12.3. The van der Waals surface area contributed by atoms with Crippen molar-refractivity contribution in [2.24, 2.45) is 5.92 Å². The van der Waals surface area contributed by atoms with Crippen LogP contribution in [0.1, 0.15) is 33.6 Å². The van der Waals surface area contributed by atoms with Crippen LogP contribution in [-0.2, 0) is 0 Å². The smallest absolute Gasteiger partial charge is 0.0160 e. The summed E-state index contributed by atoms with van der Waals surface area (Å²) in [6.45, 7) is 7.89. The van der Waals surface area contributed by atoms with Crippen LogP contribution in [0, 0.1) is 5.92 Å². The summed E-state index contributed by atoms with van der Waals surface area (Å²) in [4.78, 5) is 0. The van der Waals surface area contributed by atoms with Crippen LogP contribution < -0.4 is 5.32 Å². The second-order valence-corrected chi connectivity index (χ2v) is 4.37. The van der Waals surface area contributed by atoms with E-state index >= 15 is 0 Å². The van der Waals surface area contributed by atoms with E-state index in [1.165, 1.54) is 18.6 Å². The molecule has 0 saturated carbocycles. The van der Waals surface area contributed by atoms with Gasteiger partial charge in [-0.05, 0) is 25.1 Å². The topological polar surface area (TPSA) is 12.0 Å². The quantitative estimate of drug-likeness (QED) is 0.661. The predicted molar refractivity (Wildman–Crippen MR) is 59.9 cm³/mol. The van der Waals surface area contributed by atoms with Gasteiger partial charge in [0.15, 0.2) is 0 Å². The second kappa shape index (κ2) is 7.93. The molecule has 12 heavy (non-hydrogen) atoms. The lowest BCUT2D eigenvalue weighted by molar-refractivity contribution is 0.423. The number of thioether (sulfide) groups is 1. The van der Waals surface area contributed by atoms with Gasteiger partial charge in [-0.25, -0.2) is 0 Å². The summed E-state index contributed by atoms with van der Waals surface area (Å²) < 4.78 is 0. The van der Waals surface area contributed by atoms with Crippen molar-refractivity contribution in [3.8, 4) is 0 Å². The Labute approximate surface area is 81.7 Å². The fraction of sp³-hybridized carbons (Fsp3) is 1.00. The lowest BCUT2D eigenvalue weighted by Crippen LogP contribution is -2.32. The molecule has 0 spiro atoms. The van der Waals surface area contributed by atoms with Gasteiger partial charge in [0, 0.05) is 11.8 Å². The van der Waals surface area contributed by atoms with Crippen LogP contribution in [0.25, 0.3) is 0 Å². The lowest BCUT2D eigenvalue weighted by Gasteiger charge is -2.19. The highest BCUT2D eigenvalue weighted by Crippen LogP contribution is 2.12. The highest BCUT2D eigenvalue weighted by atomic mass is 32.2. The van der Waals surface area contributed by atoms with Gasteiger partial charge in [-0.1, -0.05) is 27.2 Å². The van der Waals surface area contributed by atoms with Gasteiger partial charge in [0.25, 0.3) is 0 Å². The molecule has 2 heteroatoms.